The van der Waals surface area contributed by atoms with E-state index in [-0.39, 0.29) is 0 Å². The molecule has 0 aliphatic carbocycles. The Bertz CT molecular complexity index is 378. The summed E-state index contributed by atoms with van der Waals surface area (Å²) in [5, 5.41) is 67.8. The second-order valence-electron chi connectivity index (χ2n) is 5.84. The normalized spacial score (nSPS) is 51.7. The molecule has 2 saturated heterocycles. The zero-order chi connectivity index (χ0) is 17.3. The van der Waals surface area contributed by atoms with Crippen LogP contribution < -0.4 is 0 Å². The third-order valence-corrected chi connectivity index (χ3v) is 4.24. The van der Waals surface area contributed by atoms with Crippen LogP contribution in [0.3, 0.4) is 0 Å². The summed E-state index contributed by atoms with van der Waals surface area (Å²) < 4.78 is 15.9. The summed E-state index contributed by atoms with van der Waals surface area (Å²) >= 11 is 0. The highest BCUT2D eigenvalue weighted by molar-refractivity contribution is 4.94. The minimum atomic E-state index is -1.66. The molecular formula is C13H24O10. The first-order valence-electron chi connectivity index (χ1n) is 7.40. The van der Waals surface area contributed by atoms with Crippen molar-refractivity contribution < 1.29 is 50.0 Å². The predicted octanol–water partition coefficient (Wildman–Crippen LogP) is -4.33. The molecule has 2 rings (SSSR count). The first-order valence-corrected chi connectivity index (χ1v) is 7.40. The van der Waals surface area contributed by atoms with Crippen LogP contribution in [0.5, 0.6) is 0 Å². The molecule has 2 heterocycles. The average molecular weight is 340 g/mol. The third-order valence-electron chi connectivity index (χ3n) is 4.24. The maximum atomic E-state index is 10.1. The quantitative estimate of drug-likeness (QED) is 0.265. The number of hydrogen-bond donors (Lipinski definition) is 7. The van der Waals surface area contributed by atoms with E-state index in [1.165, 1.54) is 6.92 Å². The smallest absolute Gasteiger partial charge is 0.187 e. The summed E-state index contributed by atoms with van der Waals surface area (Å²) in [5.74, 6) is 0. The van der Waals surface area contributed by atoms with Crippen molar-refractivity contribution in [3.63, 3.8) is 0 Å². The van der Waals surface area contributed by atoms with Gasteiger partial charge in [0.05, 0.1) is 19.3 Å². The standard InChI is InChI=1S/C13H24O10/c1-4-7(16)10(19)12(6(3-15)21-4)23-13-11(20)9(18)8(17)5(2-14)22-13/h4-20H,2-3H2,1H3/t4?,5?,6?,7-,8+,9?,10?,11+,12-,13+/m1/s1. The largest absolute Gasteiger partial charge is 0.394 e. The Labute approximate surface area is 132 Å². The Balaban J connectivity index is 2.11. The van der Waals surface area contributed by atoms with E-state index in [1.807, 2.05) is 0 Å². The van der Waals surface area contributed by atoms with Gasteiger partial charge in [0.1, 0.15) is 48.8 Å². The molecule has 0 aromatic rings. The van der Waals surface area contributed by atoms with Gasteiger partial charge in [0, 0.05) is 0 Å². The molecule has 10 heteroatoms. The zero-order valence-electron chi connectivity index (χ0n) is 12.5. The van der Waals surface area contributed by atoms with Gasteiger partial charge in [0.25, 0.3) is 0 Å². The second-order valence-corrected chi connectivity index (χ2v) is 5.84. The van der Waals surface area contributed by atoms with Gasteiger partial charge < -0.3 is 50.0 Å². The van der Waals surface area contributed by atoms with E-state index in [0.29, 0.717) is 0 Å². The minimum Gasteiger partial charge on any atom is -0.394 e. The molecule has 0 aromatic carbocycles. The Kier molecular flexibility index (Phi) is 6.30. The molecule has 2 aliphatic rings. The molecule has 0 spiro atoms. The summed E-state index contributed by atoms with van der Waals surface area (Å²) in [5.41, 5.74) is 0. The Morgan fingerprint density at radius 3 is 1.91 bits per heavy atom. The number of aliphatic hydroxyl groups excluding tert-OH is 7. The summed E-state index contributed by atoms with van der Waals surface area (Å²) in [6, 6.07) is 0. The van der Waals surface area contributed by atoms with Crippen LogP contribution in [0.1, 0.15) is 6.92 Å². The van der Waals surface area contributed by atoms with E-state index in [0.717, 1.165) is 0 Å². The van der Waals surface area contributed by atoms with Crippen molar-refractivity contribution in [3.05, 3.63) is 0 Å². The van der Waals surface area contributed by atoms with Crippen LogP contribution in [0.2, 0.25) is 0 Å². The molecule has 23 heavy (non-hydrogen) atoms. The molecular weight excluding hydrogens is 316 g/mol. The molecule has 0 aromatic heterocycles. The van der Waals surface area contributed by atoms with Gasteiger partial charge in [-0.05, 0) is 6.92 Å². The number of aliphatic hydroxyl groups is 7. The van der Waals surface area contributed by atoms with E-state index in [9.17, 15) is 30.6 Å². The van der Waals surface area contributed by atoms with E-state index < -0.39 is 74.4 Å². The van der Waals surface area contributed by atoms with Crippen molar-refractivity contribution in [1.29, 1.82) is 0 Å². The van der Waals surface area contributed by atoms with Gasteiger partial charge in [-0.1, -0.05) is 0 Å². The summed E-state index contributed by atoms with van der Waals surface area (Å²) in [6.07, 6.45) is -13.2. The number of hydrogen-bond acceptors (Lipinski definition) is 10. The third kappa shape index (κ3) is 3.66. The van der Waals surface area contributed by atoms with Gasteiger partial charge in [-0.15, -0.1) is 0 Å². The SMILES string of the molecule is CC1OC(CO)[C@@H](O[C@@H]2OC(CO)[C@H](O)C(O)[C@@H]2O)C(O)[C@@H]1O. The van der Waals surface area contributed by atoms with Crippen molar-refractivity contribution in [3.8, 4) is 0 Å². The van der Waals surface area contributed by atoms with Crippen LogP contribution in [0.25, 0.3) is 0 Å². The highest BCUT2D eigenvalue weighted by Gasteiger charge is 2.49. The van der Waals surface area contributed by atoms with Gasteiger partial charge in [-0.2, -0.15) is 0 Å². The fraction of sp³-hybridized carbons (Fsp3) is 1.00. The minimum absolute atomic E-state index is 0.518. The topological polar surface area (TPSA) is 169 Å². The van der Waals surface area contributed by atoms with Gasteiger partial charge >= 0.3 is 0 Å². The van der Waals surface area contributed by atoms with E-state index in [2.05, 4.69) is 0 Å². The molecule has 0 saturated carbocycles. The van der Waals surface area contributed by atoms with Crippen LogP contribution >= 0.6 is 0 Å². The lowest BCUT2D eigenvalue weighted by molar-refractivity contribution is -0.341. The van der Waals surface area contributed by atoms with Gasteiger partial charge in [0.2, 0.25) is 0 Å². The predicted molar refractivity (Wildman–Crippen MR) is 72.1 cm³/mol. The molecule has 10 nitrogen and oxygen atoms in total. The Hall–Kier alpha value is -0.400. The van der Waals surface area contributed by atoms with Crippen molar-refractivity contribution >= 4 is 0 Å². The molecule has 2 fully saturated rings. The van der Waals surface area contributed by atoms with Gasteiger partial charge in [-0.3, -0.25) is 0 Å². The van der Waals surface area contributed by atoms with Crippen molar-refractivity contribution in [1.82, 2.24) is 0 Å². The van der Waals surface area contributed by atoms with Crippen LogP contribution in [-0.2, 0) is 14.2 Å². The Morgan fingerprint density at radius 1 is 0.739 bits per heavy atom. The average Bonchev–Trinajstić information content (AvgIpc) is 2.55. The summed E-state index contributed by atoms with van der Waals surface area (Å²) in [4.78, 5) is 0. The zero-order valence-corrected chi connectivity index (χ0v) is 12.5. The molecule has 5 unspecified atom stereocenters. The highest BCUT2D eigenvalue weighted by atomic mass is 16.7. The molecule has 7 N–H and O–H groups in total. The molecule has 0 bridgehead atoms. The van der Waals surface area contributed by atoms with Crippen LogP contribution in [0.15, 0.2) is 0 Å². The number of rotatable bonds is 4. The lowest BCUT2D eigenvalue weighted by Gasteiger charge is -2.45. The fourth-order valence-electron chi connectivity index (χ4n) is 2.78. The monoisotopic (exact) mass is 340 g/mol. The maximum absolute atomic E-state index is 10.1. The Morgan fingerprint density at radius 2 is 1.35 bits per heavy atom. The molecule has 10 atom stereocenters. The lowest BCUT2D eigenvalue weighted by atomic mass is 9.95. The summed E-state index contributed by atoms with van der Waals surface area (Å²) in [7, 11) is 0. The van der Waals surface area contributed by atoms with Crippen molar-refractivity contribution in [2.45, 2.75) is 68.1 Å². The lowest BCUT2D eigenvalue weighted by Crippen LogP contribution is -2.64. The molecule has 136 valence electrons. The molecule has 2 aliphatic heterocycles. The maximum Gasteiger partial charge on any atom is 0.187 e. The van der Waals surface area contributed by atoms with Gasteiger partial charge in [-0.25, -0.2) is 0 Å². The fourth-order valence-corrected chi connectivity index (χ4v) is 2.78. The second kappa shape index (κ2) is 7.66. The first kappa shape index (κ1) is 18.9. The van der Waals surface area contributed by atoms with Gasteiger partial charge in [0.15, 0.2) is 6.29 Å². The number of ether oxygens (including phenoxy) is 3. The van der Waals surface area contributed by atoms with E-state index >= 15 is 0 Å². The first-order chi connectivity index (χ1) is 10.8. The van der Waals surface area contributed by atoms with Crippen LogP contribution in [-0.4, -0.2) is 110 Å². The van der Waals surface area contributed by atoms with E-state index in [1.54, 1.807) is 0 Å². The van der Waals surface area contributed by atoms with Crippen LogP contribution in [0, 0.1) is 0 Å². The van der Waals surface area contributed by atoms with Crippen molar-refractivity contribution in [2.75, 3.05) is 13.2 Å². The summed E-state index contributed by atoms with van der Waals surface area (Å²) in [6.45, 7) is 0.369. The molecule has 0 radical (unpaired) electrons. The van der Waals surface area contributed by atoms with Crippen LogP contribution in [0.4, 0.5) is 0 Å². The molecule has 0 amide bonds. The van der Waals surface area contributed by atoms with E-state index in [4.69, 9.17) is 19.3 Å². The highest BCUT2D eigenvalue weighted by Crippen LogP contribution is 2.28. The van der Waals surface area contributed by atoms with Crippen molar-refractivity contribution in [2.24, 2.45) is 0 Å².